The number of thiophene rings is 1. The quantitative estimate of drug-likeness (QED) is 0.782. The first kappa shape index (κ1) is 8.47. The van der Waals surface area contributed by atoms with Crippen LogP contribution in [0.15, 0.2) is 29.9 Å². The molecule has 0 aliphatic carbocycles. The zero-order chi connectivity index (χ0) is 9.10. The number of aromatic amines is 1. The second-order valence-electron chi connectivity index (χ2n) is 2.77. The van der Waals surface area contributed by atoms with Crippen molar-refractivity contribution in [2.45, 2.75) is 12.5 Å². The molecule has 1 unspecified atom stereocenters. The standard InChI is InChI=1S/C9H10N2OS/c12-7(8-2-1-5-13-8)6-9-10-3-4-11-9/h1-5,7,12H,6H2,(H,10,11). The van der Waals surface area contributed by atoms with Crippen LogP contribution in [0.4, 0.5) is 0 Å². The highest BCUT2D eigenvalue weighted by Crippen LogP contribution is 2.20. The minimum atomic E-state index is -0.439. The molecule has 68 valence electrons. The van der Waals surface area contributed by atoms with Gasteiger partial charge in [0, 0.05) is 23.7 Å². The van der Waals surface area contributed by atoms with Gasteiger partial charge in [0.05, 0.1) is 6.10 Å². The van der Waals surface area contributed by atoms with E-state index in [2.05, 4.69) is 9.97 Å². The Labute approximate surface area is 80.1 Å². The fourth-order valence-electron chi connectivity index (χ4n) is 1.17. The lowest BCUT2D eigenvalue weighted by molar-refractivity contribution is 0.180. The van der Waals surface area contributed by atoms with Gasteiger partial charge in [-0.1, -0.05) is 6.07 Å². The van der Waals surface area contributed by atoms with Gasteiger partial charge in [0.1, 0.15) is 5.82 Å². The van der Waals surface area contributed by atoms with Crippen molar-refractivity contribution in [3.05, 3.63) is 40.6 Å². The van der Waals surface area contributed by atoms with Crippen molar-refractivity contribution in [2.24, 2.45) is 0 Å². The Bertz CT molecular complexity index is 342. The van der Waals surface area contributed by atoms with Crippen LogP contribution in [0, 0.1) is 0 Å². The number of aromatic nitrogens is 2. The van der Waals surface area contributed by atoms with Crippen molar-refractivity contribution in [3.63, 3.8) is 0 Å². The van der Waals surface area contributed by atoms with Gasteiger partial charge >= 0.3 is 0 Å². The number of nitrogens with one attached hydrogen (secondary N) is 1. The molecular formula is C9H10N2OS. The van der Waals surface area contributed by atoms with Crippen molar-refractivity contribution >= 4 is 11.3 Å². The van der Waals surface area contributed by atoms with Crippen molar-refractivity contribution in [3.8, 4) is 0 Å². The number of aliphatic hydroxyl groups is 1. The second-order valence-corrected chi connectivity index (χ2v) is 3.75. The zero-order valence-corrected chi connectivity index (χ0v) is 7.79. The average Bonchev–Trinajstić information content (AvgIpc) is 2.74. The summed E-state index contributed by atoms with van der Waals surface area (Å²) in [5.74, 6) is 0.820. The Balaban J connectivity index is 2.04. The molecule has 2 aromatic heterocycles. The molecule has 0 aromatic carbocycles. The van der Waals surface area contributed by atoms with E-state index in [0.29, 0.717) is 6.42 Å². The van der Waals surface area contributed by atoms with Crippen molar-refractivity contribution in [1.29, 1.82) is 0 Å². The third-order valence-electron chi connectivity index (χ3n) is 1.81. The average molecular weight is 194 g/mol. The van der Waals surface area contributed by atoms with E-state index in [1.807, 2.05) is 17.5 Å². The van der Waals surface area contributed by atoms with Crippen LogP contribution in [0.5, 0.6) is 0 Å². The molecule has 2 N–H and O–H groups in total. The lowest BCUT2D eigenvalue weighted by atomic mass is 10.2. The Hall–Kier alpha value is -1.13. The van der Waals surface area contributed by atoms with E-state index in [1.54, 1.807) is 23.7 Å². The van der Waals surface area contributed by atoms with E-state index in [1.165, 1.54) is 0 Å². The maximum absolute atomic E-state index is 9.73. The molecule has 1 atom stereocenters. The van der Waals surface area contributed by atoms with Gasteiger partial charge in [0.15, 0.2) is 0 Å². The van der Waals surface area contributed by atoms with Crippen LogP contribution in [0.3, 0.4) is 0 Å². The Morgan fingerprint density at radius 3 is 3.15 bits per heavy atom. The van der Waals surface area contributed by atoms with E-state index in [9.17, 15) is 5.11 Å². The summed E-state index contributed by atoms with van der Waals surface area (Å²) < 4.78 is 0. The summed E-state index contributed by atoms with van der Waals surface area (Å²) in [5, 5.41) is 11.7. The van der Waals surface area contributed by atoms with Crippen LogP contribution in [0.2, 0.25) is 0 Å². The molecular weight excluding hydrogens is 184 g/mol. The SMILES string of the molecule is OC(Cc1ncc[nH]1)c1cccs1. The highest BCUT2D eigenvalue weighted by molar-refractivity contribution is 7.10. The Morgan fingerprint density at radius 2 is 2.54 bits per heavy atom. The Morgan fingerprint density at radius 1 is 1.62 bits per heavy atom. The number of hydrogen-bond acceptors (Lipinski definition) is 3. The van der Waals surface area contributed by atoms with Gasteiger partial charge in [-0.15, -0.1) is 11.3 Å². The fraction of sp³-hybridized carbons (Fsp3) is 0.222. The van der Waals surface area contributed by atoms with Crippen LogP contribution in [-0.2, 0) is 6.42 Å². The highest BCUT2D eigenvalue weighted by atomic mass is 32.1. The largest absolute Gasteiger partial charge is 0.387 e. The summed E-state index contributed by atoms with van der Waals surface area (Å²) in [6, 6.07) is 3.86. The molecule has 13 heavy (non-hydrogen) atoms. The number of rotatable bonds is 3. The topological polar surface area (TPSA) is 48.9 Å². The molecule has 0 saturated carbocycles. The molecule has 0 bridgehead atoms. The van der Waals surface area contributed by atoms with E-state index >= 15 is 0 Å². The van der Waals surface area contributed by atoms with Crippen LogP contribution < -0.4 is 0 Å². The predicted octanol–water partition coefficient (Wildman–Crippen LogP) is 1.75. The number of H-pyrrole nitrogens is 1. The van der Waals surface area contributed by atoms with Crippen LogP contribution >= 0.6 is 11.3 Å². The molecule has 2 rings (SSSR count). The lowest BCUT2D eigenvalue weighted by Gasteiger charge is -2.04. The monoisotopic (exact) mass is 194 g/mol. The molecule has 0 amide bonds. The molecule has 4 heteroatoms. The van der Waals surface area contributed by atoms with Gasteiger partial charge in [-0.05, 0) is 11.4 Å². The first-order chi connectivity index (χ1) is 6.36. The van der Waals surface area contributed by atoms with Gasteiger partial charge in [-0.25, -0.2) is 4.98 Å². The minimum absolute atomic E-state index is 0.439. The first-order valence-electron chi connectivity index (χ1n) is 4.06. The lowest BCUT2D eigenvalue weighted by Crippen LogP contribution is -2.00. The van der Waals surface area contributed by atoms with Gasteiger partial charge in [0.2, 0.25) is 0 Å². The molecule has 0 aliphatic rings. The predicted molar refractivity (Wildman–Crippen MR) is 51.6 cm³/mol. The van der Waals surface area contributed by atoms with Crippen LogP contribution in [0.25, 0.3) is 0 Å². The van der Waals surface area contributed by atoms with Gasteiger partial charge in [-0.2, -0.15) is 0 Å². The fourth-order valence-corrected chi connectivity index (χ4v) is 1.89. The van der Waals surface area contributed by atoms with Gasteiger partial charge in [0.25, 0.3) is 0 Å². The van der Waals surface area contributed by atoms with E-state index < -0.39 is 6.10 Å². The van der Waals surface area contributed by atoms with Crippen molar-refractivity contribution in [2.75, 3.05) is 0 Å². The Kier molecular flexibility index (Phi) is 2.42. The normalized spacial score (nSPS) is 13.0. The molecule has 0 fully saturated rings. The molecule has 0 aliphatic heterocycles. The van der Waals surface area contributed by atoms with E-state index in [4.69, 9.17) is 0 Å². The van der Waals surface area contributed by atoms with Crippen LogP contribution in [-0.4, -0.2) is 15.1 Å². The van der Waals surface area contributed by atoms with E-state index in [0.717, 1.165) is 10.7 Å². The molecule has 0 radical (unpaired) electrons. The maximum Gasteiger partial charge on any atom is 0.108 e. The summed E-state index contributed by atoms with van der Waals surface area (Å²) in [4.78, 5) is 8.00. The zero-order valence-electron chi connectivity index (χ0n) is 6.97. The number of nitrogens with zero attached hydrogens (tertiary/aromatic N) is 1. The second kappa shape index (κ2) is 3.72. The third kappa shape index (κ3) is 1.96. The molecule has 2 heterocycles. The maximum atomic E-state index is 9.73. The van der Waals surface area contributed by atoms with Crippen molar-refractivity contribution in [1.82, 2.24) is 9.97 Å². The minimum Gasteiger partial charge on any atom is -0.387 e. The third-order valence-corrected chi connectivity index (χ3v) is 2.79. The van der Waals surface area contributed by atoms with Crippen LogP contribution in [0.1, 0.15) is 16.8 Å². The smallest absolute Gasteiger partial charge is 0.108 e. The first-order valence-corrected chi connectivity index (χ1v) is 4.94. The summed E-state index contributed by atoms with van der Waals surface area (Å²) >= 11 is 1.56. The molecule has 3 nitrogen and oxygen atoms in total. The van der Waals surface area contributed by atoms with Gasteiger partial charge in [-0.3, -0.25) is 0 Å². The molecule has 2 aromatic rings. The summed E-state index contributed by atoms with van der Waals surface area (Å²) in [5.41, 5.74) is 0. The summed E-state index contributed by atoms with van der Waals surface area (Å²) in [6.45, 7) is 0. The van der Waals surface area contributed by atoms with E-state index in [-0.39, 0.29) is 0 Å². The number of aliphatic hydroxyl groups excluding tert-OH is 1. The summed E-state index contributed by atoms with van der Waals surface area (Å²) in [7, 11) is 0. The molecule has 0 spiro atoms. The number of hydrogen-bond donors (Lipinski definition) is 2. The number of imidazole rings is 1. The van der Waals surface area contributed by atoms with Crippen molar-refractivity contribution < 1.29 is 5.11 Å². The molecule has 0 saturated heterocycles. The summed E-state index contributed by atoms with van der Waals surface area (Å²) in [6.07, 6.45) is 3.56. The highest BCUT2D eigenvalue weighted by Gasteiger charge is 2.10. The van der Waals surface area contributed by atoms with Gasteiger partial charge < -0.3 is 10.1 Å².